The maximum absolute atomic E-state index is 13.3. The van der Waals surface area contributed by atoms with Crippen LogP contribution >= 0.6 is 0 Å². The molecule has 3 saturated heterocycles. The molecule has 1 amide bonds. The molecule has 3 aliphatic heterocycles. The zero-order valence-corrected chi connectivity index (χ0v) is 20.3. The highest BCUT2D eigenvalue weighted by Gasteiger charge is 2.49. The van der Waals surface area contributed by atoms with Crippen LogP contribution in [0.25, 0.3) is 0 Å². The molecule has 1 N–H and O–H groups in total. The van der Waals surface area contributed by atoms with Crippen LogP contribution in [0.2, 0.25) is 0 Å². The second-order valence-electron chi connectivity index (χ2n) is 10.5. The molecule has 0 saturated carbocycles. The Morgan fingerprint density at radius 3 is 2.32 bits per heavy atom. The Morgan fingerprint density at radius 2 is 1.85 bits per heavy atom. The van der Waals surface area contributed by atoms with Crippen molar-refractivity contribution in [3.8, 4) is 0 Å². The molecule has 3 aliphatic rings. The number of carboxylic acids is 1. The molecule has 4 heterocycles. The summed E-state index contributed by atoms with van der Waals surface area (Å²) in [6.45, 7) is 13.0. The van der Waals surface area contributed by atoms with E-state index in [2.05, 4.69) is 30.6 Å². The van der Waals surface area contributed by atoms with Crippen molar-refractivity contribution < 1.29 is 37.0 Å². The van der Waals surface area contributed by atoms with Crippen molar-refractivity contribution in [1.82, 2.24) is 9.80 Å². The third kappa shape index (κ3) is 5.94. The minimum absolute atomic E-state index is 0.0849. The number of hydrogen-bond donors (Lipinski definition) is 1. The third-order valence-electron chi connectivity index (χ3n) is 6.94. The van der Waals surface area contributed by atoms with Gasteiger partial charge in [-0.1, -0.05) is 20.8 Å². The fourth-order valence-electron chi connectivity index (χ4n) is 4.89. The summed E-state index contributed by atoms with van der Waals surface area (Å²) < 4.78 is 43.5. The van der Waals surface area contributed by atoms with Gasteiger partial charge < -0.3 is 19.2 Å². The molecule has 2 atom stereocenters. The number of carbonyl (C=O) groups is 2. The fraction of sp³-hybridized carbons (Fsp3) is 0.750. The molecule has 1 spiro atoms. The molecule has 0 bridgehead atoms. The van der Waals surface area contributed by atoms with Crippen molar-refractivity contribution in [3.05, 3.63) is 23.2 Å². The number of alkyl halides is 3. The molecule has 192 valence electrons. The average molecular weight is 489 g/mol. The first-order valence-corrected chi connectivity index (χ1v) is 11.8. The maximum atomic E-state index is 13.3. The van der Waals surface area contributed by atoms with Gasteiger partial charge in [-0.3, -0.25) is 9.69 Å². The molecule has 3 fully saturated rings. The van der Waals surface area contributed by atoms with E-state index < -0.39 is 12.1 Å². The van der Waals surface area contributed by atoms with Gasteiger partial charge in [0.15, 0.2) is 0 Å². The van der Waals surface area contributed by atoms with Gasteiger partial charge in [-0.15, -0.1) is 0 Å². The van der Waals surface area contributed by atoms with E-state index in [0.29, 0.717) is 6.10 Å². The van der Waals surface area contributed by atoms with Crippen molar-refractivity contribution >= 4 is 11.9 Å². The van der Waals surface area contributed by atoms with Crippen molar-refractivity contribution in [3.63, 3.8) is 0 Å². The zero-order chi connectivity index (χ0) is 25.3. The maximum Gasteiger partial charge on any atom is 0.490 e. The number of carbonyl (C=O) groups excluding carboxylic acids is 1. The molecule has 4 rings (SSSR count). The van der Waals surface area contributed by atoms with Crippen molar-refractivity contribution in [2.24, 2.45) is 0 Å². The summed E-state index contributed by atoms with van der Waals surface area (Å²) in [6.07, 6.45) is 1.14. The van der Waals surface area contributed by atoms with E-state index in [1.165, 1.54) is 25.7 Å². The molecule has 0 aliphatic carbocycles. The third-order valence-corrected chi connectivity index (χ3v) is 6.94. The number of carboxylic acid groups (broad SMARTS) is 1. The number of piperidine rings is 1. The summed E-state index contributed by atoms with van der Waals surface area (Å²) in [5, 5.41) is 7.12. The first-order valence-electron chi connectivity index (χ1n) is 11.8. The molecular formula is C24H35F3N2O5. The van der Waals surface area contributed by atoms with E-state index in [1.807, 2.05) is 13.0 Å². The van der Waals surface area contributed by atoms with Crippen LogP contribution in [-0.2, 0) is 14.9 Å². The molecule has 7 nitrogen and oxygen atoms in total. The Balaban J connectivity index is 0.000000406. The van der Waals surface area contributed by atoms with E-state index in [9.17, 15) is 18.0 Å². The van der Waals surface area contributed by atoms with E-state index in [-0.39, 0.29) is 16.9 Å². The number of aryl methyl sites for hydroxylation is 1. The lowest BCUT2D eigenvalue weighted by atomic mass is 9.77. The van der Waals surface area contributed by atoms with E-state index in [1.54, 1.807) is 0 Å². The summed E-state index contributed by atoms with van der Waals surface area (Å²) in [5.74, 6) is -0.990. The van der Waals surface area contributed by atoms with Gasteiger partial charge in [0, 0.05) is 43.7 Å². The normalized spacial score (nSPS) is 25.6. The molecule has 0 aromatic carbocycles. The van der Waals surface area contributed by atoms with Gasteiger partial charge in [0.2, 0.25) is 0 Å². The van der Waals surface area contributed by atoms with Crippen LogP contribution in [-0.4, -0.2) is 77.4 Å². The second-order valence-corrected chi connectivity index (χ2v) is 10.5. The first kappa shape index (κ1) is 26.5. The number of hydrogen-bond acceptors (Lipinski definition) is 5. The predicted molar refractivity (Wildman–Crippen MR) is 119 cm³/mol. The number of aliphatic carboxylic acids is 1. The Bertz CT molecular complexity index is 886. The molecule has 10 heteroatoms. The number of halogens is 3. The fourth-order valence-corrected chi connectivity index (χ4v) is 4.89. The summed E-state index contributed by atoms with van der Waals surface area (Å²) in [6, 6.07) is 1.96. The van der Waals surface area contributed by atoms with Gasteiger partial charge in [-0.25, -0.2) is 4.79 Å². The molecule has 2 unspecified atom stereocenters. The monoisotopic (exact) mass is 488 g/mol. The van der Waals surface area contributed by atoms with Crippen LogP contribution < -0.4 is 0 Å². The predicted octanol–water partition coefficient (Wildman–Crippen LogP) is 4.38. The van der Waals surface area contributed by atoms with Gasteiger partial charge in [0.1, 0.15) is 11.5 Å². The lowest BCUT2D eigenvalue weighted by Crippen LogP contribution is -2.68. The number of furan rings is 1. The number of likely N-dealkylation sites (tertiary alicyclic amines) is 2. The highest BCUT2D eigenvalue weighted by molar-refractivity contribution is 5.95. The molecule has 1 aromatic rings. The minimum Gasteiger partial charge on any atom is -0.475 e. The van der Waals surface area contributed by atoms with E-state index in [0.717, 1.165) is 56.3 Å². The van der Waals surface area contributed by atoms with Gasteiger partial charge in [-0.05, 0) is 45.1 Å². The molecule has 0 radical (unpaired) electrons. The summed E-state index contributed by atoms with van der Waals surface area (Å²) in [5.41, 5.74) is 0.824. The largest absolute Gasteiger partial charge is 0.490 e. The molecule has 34 heavy (non-hydrogen) atoms. The van der Waals surface area contributed by atoms with Crippen LogP contribution in [0.4, 0.5) is 13.2 Å². The SMILES string of the molecule is Cc1oc(C(C)(C)C)cc1C(=O)N1CCCC2(CCN2CC2CCCO2)C1.O=C(O)C(F)(F)F. The standard InChI is InChI=1S/C22H34N2O3.C2HF3O2/c1-16-18(13-19(27-16)21(2,3)4)20(25)23-10-6-8-22(15-23)9-11-24(22)14-17-7-5-12-26-17;3-2(4,5)1(6)7/h13,17H,5-12,14-15H2,1-4H3;(H,6,7). The number of ether oxygens (including phenoxy) is 1. The van der Waals surface area contributed by atoms with Crippen LogP contribution in [0.3, 0.4) is 0 Å². The van der Waals surface area contributed by atoms with Gasteiger partial charge in [-0.2, -0.15) is 13.2 Å². The molecular weight excluding hydrogens is 453 g/mol. The quantitative estimate of drug-likeness (QED) is 0.680. The number of amides is 1. The summed E-state index contributed by atoms with van der Waals surface area (Å²) >= 11 is 0. The topological polar surface area (TPSA) is 83.2 Å². The van der Waals surface area contributed by atoms with E-state index >= 15 is 0 Å². The van der Waals surface area contributed by atoms with E-state index in [4.69, 9.17) is 19.1 Å². The lowest BCUT2D eigenvalue weighted by Gasteiger charge is -2.57. The van der Waals surface area contributed by atoms with Crippen LogP contribution in [0.5, 0.6) is 0 Å². The van der Waals surface area contributed by atoms with Crippen LogP contribution in [0.1, 0.15) is 74.8 Å². The number of nitrogens with zero attached hydrogens (tertiary/aromatic N) is 2. The van der Waals surface area contributed by atoms with Gasteiger partial charge in [0.05, 0.1) is 11.7 Å². The van der Waals surface area contributed by atoms with Gasteiger partial charge in [0.25, 0.3) is 5.91 Å². The Morgan fingerprint density at radius 1 is 1.18 bits per heavy atom. The van der Waals surface area contributed by atoms with Crippen LogP contribution in [0.15, 0.2) is 10.5 Å². The summed E-state index contributed by atoms with van der Waals surface area (Å²) in [7, 11) is 0. The Labute approximate surface area is 198 Å². The highest BCUT2D eigenvalue weighted by atomic mass is 19.4. The van der Waals surface area contributed by atoms with Crippen molar-refractivity contribution in [2.75, 3.05) is 32.8 Å². The highest BCUT2D eigenvalue weighted by Crippen LogP contribution is 2.40. The zero-order valence-electron chi connectivity index (χ0n) is 20.3. The summed E-state index contributed by atoms with van der Waals surface area (Å²) in [4.78, 5) is 26.8. The Hall–Kier alpha value is -2.07. The lowest BCUT2D eigenvalue weighted by molar-refractivity contribution is -0.192. The second kappa shape index (κ2) is 9.89. The number of rotatable bonds is 3. The van der Waals surface area contributed by atoms with Crippen molar-refractivity contribution in [1.29, 1.82) is 0 Å². The average Bonchev–Trinajstić information content (AvgIpc) is 3.40. The first-order chi connectivity index (χ1) is 15.7. The van der Waals surface area contributed by atoms with Crippen molar-refractivity contribution in [2.45, 2.75) is 83.0 Å². The van der Waals surface area contributed by atoms with Gasteiger partial charge >= 0.3 is 12.1 Å². The Kier molecular flexibility index (Phi) is 7.72. The van der Waals surface area contributed by atoms with Crippen LogP contribution in [0, 0.1) is 6.92 Å². The molecule has 1 aromatic heterocycles. The minimum atomic E-state index is -5.08. The smallest absolute Gasteiger partial charge is 0.475 e.